The van der Waals surface area contributed by atoms with Crippen molar-refractivity contribution in [2.24, 2.45) is 0 Å². The fourth-order valence-electron chi connectivity index (χ4n) is 5.05. The van der Waals surface area contributed by atoms with Crippen LogP contribution in [0.4, 0.5) is 11.5 Å². The van der Waals surface area contributed by atoms with E-state index in [1.807, 2.05) is 13.2 Å². The number of unbranched alkanes of at least 4 members (excludes halogenated alkanes) is 3. The molecule has 200 valence electrons. The third-order valence-electron chi connectivity index (χ3n) is 6.99. The van der Waals surface area contributed by atoms with E-state index >= 15 is 0 Å². The van der Waals surface area contributed by atoms with E-state index in [1.54, 1.807) is 11.8 Å². The Morgan fingerprint density at radius 2 is 1.60 bits per heavy atom. The second-order valence-corrected chi connectivity index (χ2v) is 10.8. The summed E-state index contributed by atoms with van der Waals surface area (Å²) in [5, 5.41) is 4.09. The van der Waals surface area contributed by atoms with Gasteiger partial charge in [-0.15, -0.1) is 11.8 Å². The number of nitrogens with zero attached hydrogens (tertiary/aromatic N) is 4. The summed E-state index contributed by atoms with van der Waals surface area (Å²) in [6.45, 7) is 12.9. The average Bonchev–Trinajstić information content (AvgIpc) is 2.87. The van der Waals surface area contributed by atoms with Gasteiger partial charge in [-0.25, -0.2) is 9.97 Å². The molecule has 1 aliphatic rings. The molecular weight excluding hydrogens is 454 g/mol. The molecule has 1 aliphatic carbocycles. The molecule has 35 heavy (non-hydrogen) atoms. The van der Waals surface area contributed by atoms with Crippen LogP contribution in [0.5, 0.6) is 0 Å². The van der Waals surface area contributed by atoms with Crippen molar-refractivity contribution in [3.05, 3.63) is 5.82 Å². The lowest BCUT2D eigenvalue weighted by Crippen LogP contribution is -2.38. The first kappa shape index (κ1) is 29.9. The van der Waals surface area contributed by atoms with Crippen LogP contribution >= 0.6 is 11.8 Å². The van der Waals surface area contributed by atoms with Crippen molar-refractivity contribution in [3.63, 3.8) is 0 Å². The van der Waals surface area contributed by atoms with Gasteiger partial charge in [0.2, 0.25) is 5.91 Å². The van der Waals surface area contributed by atoms with Crippen LogP contribution in [0.3, 0.4) is 0 Å². The van der Waals surface area contributed by atoms with Gasteiger partial charge < -0.3 is 15.1 Å². The van der Waals surface area contributed by atoms with E-state index < -0.39 is 0 Å². The van der Waals surface area contributed by atoms with Crippen LogP contribution in [-0.2, 0) is 4.79 Å². The highest BCUT2D eigenvalue weighted by Gasteiger charge is 2.22. The number of rotatable bonds is 17. The zero-order valence-electron chi connectivity index (χ0n) is 23.2. The van der Waals surface area contributed by atoms with Crippen molar-refractivity contribution in [2.75, 3.05) is 42.7 Å². The minimum absolute atomic E-state index is 0.0830. The average molecular weight is 506 g/mol. The standard InChI is InChI=1S/C28H51N5OS/c1-6-9-20-33(21-10-7-2)27-26(28(35-5)30-23(4)29-27)31-25(34)18-14-15-22-32(19-8-3)24-16-12-11-13-17-24/h24H,6-22H2,1-5H3,(H,31,34). The van der Waals surface area contributed by atoms with Gasteiger partial charge in [0.15, 0.2) is 5.82 Å². The van der Waals surface area contributed by atoms with Crippen molar-refractivity contribution >= 4 is 29.2 Å². The maximum Gasteiger partial charge on any atom is 0.224 e. The number of carbonyl (C=O) groups is 1. The number of nitrogens with one attached hydrogen (secondary N) is 1. The Labute approximate surface area is 219 Å². The largest absolute Gasteiger partial charge is 0.355 e. The highest BCUT2D eigenvalue weighted by atomic mass is 32.2. The Bertz CT molecular complexity index is 730. The zero-order chi connectivity index (χ0) is 25.5. The molecule has 0 aliphatic heterocycles. The summed E-state index contributed by atoms with van der Waals surface area (Å²) in [7, 11) is 0. The van der Waals surface area contributed by atoms with Crippen molar-refractivity contribution in [1.82, 2.24) is 14.9 Å². The van der Waals surface area contributed by atoms with Crippen LogP contribution < -0.4 is 10.2 Å². The fourth-order valence-corrected chi connectivity index (χ4v) is 5.62. The smallest absolute Gasteiger partial charge is 0.224 e. The van der Waals surface area contributed by atoms with Crippen LogP contribution in [0.2, 0.25) is 0 Å². The maximum absolute atomic E-state index is 13.0. The van der Waals surface area contributed by atoms with E-state index in [0.29, 0.717) is 6.42 Å². The molecule has 0 saturated heterocycles. The first-order valence-corrected chi connectivity index (χ1v) is 15.5. The van der Waals surface area contributed by atoms with Crippen molar-refractivity contribution in [3.8, 4) is 0 Å². The molecule has 1 aromatic heterocycles. The van der Waals surface area contributed by atoms with Crippen molar-refractivity contribution < 1.29 is 4.79 Å². The van der Waals surface area contributed by atoms with E-state index in [9.17, 15) is 4.79 Å². The third-order valence-corrected chi connectivity index (χ3v) is 7.67. The molecule has 1 N–H and O–H groups in total. The van der Waals surface area contributed by atoms with Crippen LogP contribution in [0, 0.1) is 6.92 Å². The number of anilines is 2. The minimum atomic E-state index is 0.0830. The Morgan fingerprint density at radius 3 is 2.20 bits per heavy atom. The molecular formula is C28H51N5OS. The SMILES string of the molecule is CCCCN(CCCC)c1nc(C)nc(SC)c1NC(=O)CCCCN(CCC)C1CCCCC1. The van der Waals surface area contributed by atoms with Crippen LogP contribution in [0.1, 0.15) is 110 Å². The highest BCUT2D eigenvalue weighted by Crippen LogP contribution is 2.33. The van der Waals surface area contributed by atoms with Gasteiger partial charge in [-0.05, 0) is 71.2 Å². The molecule has 1 heterocycles. The maximum atomic E-state index is 13.0. The number of carbonyl (C=O) groups excluding carboxylic acids is 1. The number of aryl methyl sites for hydroxylation is 1. The quantitative estimate of drug-likeness (QED) is 0.139. The number of hydrogen-bond acceptors (Lipinski definition) is 6. The van der Waals surface area contributed by atoms with Gasteiger partial charge in [0.1, 0.15) is 16.5 Å². The second-order valence-electron chi connectivity index (χ2n) is 10.0. The van der Waals surface area contributed by atoms with Crippen LogP contribution in [0.25, 0.3) is 0 Å². The number of amides is 1. The molecule has 0 atom stereocenters. The molecule has 0 aromatic carbocycles. The Balaban J connectivity index is 2.01. The zero-order valence-corrected chi connectivity index (χ0v) is 24.0. The number of hydrogen-bond donors (Lipinski definition) is 1. The molecule has 0 radical (unpaired) electrons. The topological polar surface area (TPSA) is 61.4 Å². The molecule has 0 bridgehead atoms. The van der Waals surface area contributed by atoms with E-state index in [4.69, 9.17) is 4.98 Å². The summed E-state index contributed by atoms with van der Waals surface area (Å²) in [4.78, 5) is 27.5. The molecule has 6 nitrogen and oxygen atoms in total. The van der Waals surface area contributed by atoms with Gasteiger partial charge in [0.05, 0.1) is 0 Å². The summed E-state index contributed by atoms with van der Waals surface area (Å²) < 4.78 is 0. The molecule has 2 rings (SSSR count). The predicted octanol–water partition coefficient (Wildman–Crippen LogP) is 7.07. The number of thioether (sulfide) groups is 1. The van der Waals surface area contributed by atoms with Crippen molar-refractivity contribution in [2.45, 2.75) is 122 Å². The molecule has 1 aromatic rings. The van der Waals surface area contributed by atoms with E-state index in [0.717, 1.165) is 86.6 Å². The predicted molar refractivity (Wildman–Crippen MR) is 152 cm³/mol. The number of aromatic nitrogens is 2. The summed E-state index contributed by atoms with van der Waals surface area (Å²) in [5.41, 5.74) is 0.801. The Morgan fingerprint density at radius 1 is 0.914 bits per heavy atom. The second kappa shape index (κ2) is 17.2. The lowest BCUT2D eigenvalue weighted by molar-refractivity contribution is -0.116. The molecule has 1 fully saturated rings. The lowest BCUT2D eigenvalue weighted by atomic mass is 9.94. The molecule has 0 unspecified atom stereocenters. The van der Waals surface area contributed by atoms with Gasteiger partial charge in [-0.3, -0.25) is 4.79 Å². The highest BCUT2D eigenvalue weighted by molar-refractivity contribution is 7.98. The van der Waals surface area contributed by atoms with Gasteiger partial charge in [0, 0.05) is 25.6 Å². The Kier molecular flexibility index (Phi) is 14.7. The normalized spacial score (nSPS) is 14.5. The monoisotopic (exact) mass is 505 g/mol. The summed E-state index contributed by atoms with van der Waals surface area (Å²) in [5.74, 6) is 1.74. The van der Waals surface area contributed by atoms with Gasteiger partial charge in [-0.1, -0.05) is 52.9 Å². The lowest BCUT2D eigenvalue weighted by Gasteiger charge is -2.34. The van der Waals surface area contributed by atoms with Crippen LogP contribution in [-0.4, -0.2) is 59.3 Å². The van der Waals surface area contributed by atoms with E-state index in [-0.39, 0.29) is 5.91 Å². The van der Waals surface area contributed by atoms with Gasteiger partial charge >= 0.3 is 0 Å². The molecule has 1 amide bonds. The molecule has 1 saturated carbocycles. The van der Waals surface area contributed by atoms with Gasteiger partial charge in [0.25, 0.3) is 0 Å². The first-order chi connectivity index (χ1) is 17.0. The van der Waals surface area contributed by atoms with Crippen molar-refractivity contribution in [1.29, 1.82) is 0 Å². The summed E-state index contributed by atoms with van der Waals surface area (Å²) in [6.07, 6.45) is 17.1. The third kappa shape index (κ3) is 10.3. The molecule has 7 heteroatoms. The van der Waals surface area contributed by atoms with E-state index in [2.05, 4.69) is 40.9 Å². The minimum Gasteiger partial charge on any atom is -0.355 e. The molecule has 0 spiro atoms. The van der Waals surface area contributed by atoms with Gasteiger partial charge in [-0.2, -0.15) is 0 Å². The Hall–Kier alpha value is -1.34. The van der Waals surface area contributed by atoms with E-state index in [1.165, 1.54) is 45.1 Å². The fraction of sp³-hybridized carbons (Fsp3) is 0.821. The first-order valence-electron chi connectivity index (χ1n) is 14.2. The summed E-state index contributed by atoms with van der Waals surface area (Å²) >= 11 is 1.59. The summed E-state index contributed by atoms with van der Waals surface area (Å²) in [6, 6.07) is 0.756. The van der Waals surface area contributed by atoms with Crippen LogP contribution in [0.15, 0.2) is 5.03 Å².